The van der Waals surface area contributed by atoms with E-state index in [1.807, 2.05) is 16.9 Å². The summed E-state index contributed by atoms with van der Waals surface area (Å²) in [5.74, 6) is 0. The summed E-state index contributed by atoms with van der Waals surface area (Å²) in [6.45, 7) is 2.05. The molecule has 1 aliphatic rings. The lowest BCUT2D eigenvalue weighted by Crippen LogP contribution is -2.08. The van der Waals surface area contributed by atoms with Crippen molar-refractivity contribution >= 4 is 27.7 Å². The second-order valence-electron chi connectivity index (χ2n) is 4.72. The van der Waals surface area contributed by atoms with E-state index in [9.17, 15) is 0 Å². The SMILES string of the molecule is Cc1cc(Sc2nnnn2C2CCCC2)ncc1Br. The topological polar surface area (TPSA) is 56.5 Å². The van der Waals surface area contributed by atoms with Crippen molar-refractivity contribution in [2.45, 2.75) is 48.8 Å². The van der Waals surface area contributed by atoms with Crippen molar-refractivity contribution in [1.82, 2.24) is 25.2 Å². The van der Waals surface area contributed by atoms with E-state index in [-0.39, 0.29) is 0 Å². The van der Waals surface area contributed by atoms with Crippen molar-refractivity contribution in [3.8, 4) is 0 Å². The predicted molar refractivity (Wildman–Crippen MR) is 76.1 cm³/mol. The molecule has 1 aliphatic carbocycles. The van der Waals surface area contributed by atoms with E-state index in [2.05, 4.69) is 43.4 Å². The van der Waals surface area contributed by atoms with E-state index >= 15 is 0 Å². The molecule has 2 aromatic rings. The van der Waals surface area contributed by atoms with Gasteiger partial charge in [-0.1, -0.05) is 12.8 Å². The van der Waals surface area contributed by atoms with Crippen LogP contribution in [0, 0.1) is 6.92 Å². The Morgan fingerprint density at radius 3 is 2.89 bits per heavy atom. The van der Waals surface area contributed by atoms with Crippen LogP contribution in [0.4, 0.5) is 0 Å². The van der Waals surface area contributed by atoms with E-state index in [1.165, 1.54) is 37.4 Å². The zero-order chi connectivity index (χ0) is 13.2. The second-order valence-corrected chi connectivity index (χ2v) is 6.56. The van der Waals surface area contributed by atoms with E-state index in [4.69, 9.17) is 0 Å². The van der Waals surface area contributed by atoms with Crippen LogP contribution in [0.25, 0.3) is 0 Å². The molecule has 0 aliphatic heterocycles. The summed E-state index contributed by atoms with van der Waals surface area (Å²) in [7, 11) is 0. The molecule has 1 fully saturated rings. The first-order valence-corrected chi connectivity index (χ1v) is 7.93. The lowest BCUT2D eigenvalue weighted by molar-refractivity contribution is 0.423. The summed E-state index contributed by atoms with van der Waals surface area (Å²) in [6.07, 6.45) is 6.70. The van der Waals surface area contributed by atoms with Gasteiger partial charge in [0.25, 0.3) is 0 Å². The average molecular weight is 340 g/mol. The van der Waals surface area contributed by atoms with Crippen molar-refractivity contribution in [3.63, 3.8) is 0 Å². The molecule has 0 saturated heterocycles. The molecule has 2 heterocycles. The van der Waals surface area contributed by atoms with Gasteiger partial charge in [-0.3, -0.25) is 0 Å². The Morgan fingerprint density at radius 2 is 2.16 bits per heavy atom. The number of halogens is 1. The van der Waals surface area contributed by atoms with Gasteiger partial charge < -0.3 is 0 Å². The number of tetrazole rings is 1. The molecule has 0 spiro atoms. The zero-order valence-corrected chi connectivity index (χ0v) is 13.0. The number of hydrogen-bond acceptors (Lipinski definition) is 5. The molecule has 0 amide bonds. The predicted octanol–water partition coefficient (Wildman–Crippen LogP) is 3.41. The van der Waals surface area contributed by atoms with Crippen molar-refractivity contribution in [2.24, 2.45) is 0 Å². The Morgan fingerprint density at radius 1 is 1.37 bits per heavy atom. The fourth-order valence-corrected chi connectivity index (χ4v) is 3.39. The largest absolute Gasteiger partial charge is 0.248 e. The van der Waals surface area contributed by atoms with Gasteiger partial charge in [-0.15, -0.1) is 5.10 Å². The van der Waals surface area contributed by atoms with Gasteiger partial charge in [-0.25, -0.2) is 9.67 Å². The number of hydrogen-bond donors (Lipinski definition) is 0. The van der Waals surface area contributed by atoms with Crippen LogP contribution in [0.15, 0.2) is 26.9 Å². The Bertz CT molecular complexity index is 579. The Hall–Kier alpha value is -0.950. The van der Waals surface area contributed by atoms with E-state index in [1.54, 1.807) is 0 Å². The number of nitrogens with zero attached hydrogens (tertiary/aromatic N) is 5. The molecule has 0 atom stereocenters. The minimum atomic E-state index is 0.453. The normalized spacial score (nSPS) is 16.1. The summed E-state index contributed by atoms with van der Waals surface area (Å²) >= 11 is 4.98. The summed E-state index contributed by atoms with van der Waals surface area (Å²) in [5.41, 5.74) is 1.16. The third-order valence-corrected chi connectivity index (χ3v) is 5.06. The van der Waals surface area contributed by atoms with Gasteiger partial charge >= 0.3 is 0 Å². The lowest BCUT2D eigenvalue weighted by Gasteiger charge is -2.10. The number of aromatic nitrogens is 5. The van der Waals surface area contributed by atoms with Gasteiger partial charge in [0.2, 0.25) is 5.16 Å². The monoisotopic (exact) mass is 339 g/mol. The zero-order valence-electron chi connectivity index (χ0n) is 10.6. The summed E-state index contributed by atoms with van der Waals surface area (Å²) in [4.78, 5) is 4.39. The minimum Gasteiger partial charge on any atom is -0.248 e. The third kappa shape index (κ3) is 2.81. The molecule has 0 aromatic carbocycles. The maximum atomic E-state index is 4.39. The average Bonchev–Trinajstić information content (AvgIpc) is 3.04. The van der Waals surface area contributed by atoms with Gasteiger partial charge in [0.15, 0.2) is 0 Å². The molecule has 3 rings (SSSR count). The van der Waals surface area contributed by atoms with Gasteiger partial charge in [0, 0.05) is 10.7 Å². The standard InChI is InChI=1S/C12H14BrN5S/c1-8-6-11(14-7-10(8)13)19-12-15-16-17-18(12)9-4-2-3-5-9/h6-7,9H,2-5H2,1H3. The smallest absolute Gasteiger partial charge is 0.215 e. The van der Waals surface area contributed by atoms with Crippen molar-refractivity contribution in [1.29, 1.82) is 0 Å². The van der Waals surface area contributed by atoms with Crippen molar-refractivity contribution < 1.29 is 0 Å². The molecule has 0 unspecified atom stereocenters. The van der Waals surface area contributed by atoms with Crippen LogP contribution in [0.3, 0.4) is 0 Å². The number of aryl methyl sites for hydroxylation is 1. The third-order valence-electron chi connectivity index (χ3n) is 3.35. The molecule has 5 nitrogen and oxygen atoms in total. The molecule has 0 N–H and O–H groups in total. The fourth-order valence-electron chi connectivity index (χ4n) is 2.29. The van der Waals surface area contributed by atoms with Crippen molar-refractivity contribution in [3.05, 3.63) is 22.3 Å². The summed E-state index contributed by atoms with van der Waals surface area (Å²) in [5, 5.41) is 13.8. The lowest BCUT2D eigenvalue weighted by atomic mass is 10.3. The molecule has 7 heteroatoms. The van der Waals surface area contributed by atoms with Gasteiger partial charge in [0.1, 0.15) is 5.03 Å². The summed E-state index contributed by atoms with van der Waals surface area (Å²) < 4.78 is 2.98. The van der Waals surface area contributed by atoms with E-state index < -0.39 is 0 Å². The first kappa shape index (κ1) is 13.1. The highest BCUT2D eigenvalue weighted by atomic mass is 79.9. The van der Waals surface area contributed by atoms with E-state index in [0.29, 0.717) is 6.04 Å². The Balaban J connectivity index is 1.83. The molecular formula is C12H14BrN5S. The minimum absolute atomic E-state index is 0.453. The molecule has 19 heavy (non-hydrogen) atoms. The van der Waals surface area contributed by atoms with E-state index in [0.717, 1.165) is 20.2 Å². The maximum Gasteiger partial charge on any atom is 0.215 e. The quantitative estimate of drug-likeness (QED) is 0.857. The molecular weight excluding hydrogens is 326 g/mol. The molecule has 0 radical (unpaired) electrons. The highest BCUT2D eigenvalue weighted by Gasteiger charge is 2.22. The number of rotatable bonds is 3. The van der Waals surface area contributed by atoms with Crippen LogP contribution < -0.4 is 0 Å². The Kier molecular flexibility index (Phi) is 3.83. The van der Waals surface area contributed by atoms with Crippen LogP contribution in [0.2, 0.25) is 0 Å². The molecule has 1 saturated carbocycles. The first-order chi connectivity index (χ1) is 9.24. The van der Waals surface area contributed by atoms with Gasteiger partial charge in [-0.2, -0.15) is 0 Å². The highest BCUT2D eigenvalue weighted by Crippen LogP contribution is 2.33. The molecule has 2 aromatic heterocycles. The second kappa shape index (κ2) is 5.58. The van der Waals surface area contributed by atoms with Crippen LogP contribution in [0.1, 0.15) is 37.3 Å². The van der Waals surface area contributed by atoms with Crippen molar-refractivity contribution in [2.75, 3.05) is 0 Å². The number of pyridine rings is 1. The van der Waals surface area contributed by atoms with Gasteiger partial charge in [0.05, 0.1) is 6.04 Å². The molecule has 0 bridgehead atoms. The Labute approximate surface area is 124 Å². The van der Waals surface area contributed by atoms with Crippen LogP contribution in [0.5, 0.6) is 0 Å². The first-order valence-electron chi connectivity index (χ1n) is 6.32. The van der Waals surface area contributed by atoms with Gasteiger partial charge in [-0.05, 0) is 69.5 Å². The summed E-state index contributed by atoms with van der Waals surface area (Å²) in [6, 6.07) is 2.50. The molecule has 100 valence electrons. The fraction of sp³-hybridized carbons (Fsp3) is 0.500. The van der Waals surface area contributed by atoms with Crippen LogP contribution >= 0.6 is 27.7 Å². The van der Waals surface area contributed by atoms with Crippen LogP contribution in [-0.4, -0.2) is 25.2 Å². The highest BCUT2D eigenvalue weighted by molar-refractivity contribution is 9.10. The maximum absolute atomic E-state index is 4.39. The van der Waals surface area contributed by atoms with Crippen LogP contribution in [-0.2, 0) is 0 Å².